The van der Waals surface area contributed by atoms with E-state index in [1.165, 1.54) is 129 Å². The van der Waals surface area contributed by atoms with E-state index >= 15 is 0 Å². The van der Waals surface area contributed by atoms with Gasteiger partial charge in [0.25, 0.3) is 0 Å². The number of nitrogens with one attached hydrogen (secondary N) is 1. The Morgan fingerprint density at radius 1 is 0.423 bits per heavy atom. The number of allylic oxidation sites excluding steroid dienone is 1. The lowest BCUT2D eigenvalue weighted by molar-refractivity contribution is 0.521. The van der Waals surface area contributed by atoms with Gasteiger partial charge in [-0.05, 0) is 32.2 Å². The highest BCUT2D eigenvalue weighted by Gasteiger charge is 1.96. The van der Waals surface area contributed by atoms with Crippen LogP contribution in [0.5, 0.6) is 0 Å². The van der Waals surface area contributed by atoms with Gasteiger partial charge in [-0.2, -0.15) is 0 Å². The molecular weight excluding hydrogens is 314 g/mol. The zero-order valence-corrected chi connectivity index (χ0v) is 17.8. The third kappa shape index (κ3) is 18.5. The molecule has 0 aliphatic carbocycles. The normalized spacial score (nSPS) is 23.4. The molecule has 1 radical (unpaired) electrons. The second kappa shape index (κ2) is 21.0. The second-order valence-electron chi connectivity index (χ2n) is 8.35. The van der Waals surface area contributed by atoms with E-state index in [0.29, 0.717) is 0 Å². The van der Waals surface area contributed by atoms with Crippen molar-refractivity contribution in [3.05, 3.63) is 18.6 Å². The first kappa shape index (κ1) is 23.7. The molecule has 0 fully saturated rings. The first-order valence-corrected chi connectivity index (χ1v) is 12.2. The van der Waals surface area contributed by atoms with Gasteiger partial charge in [0, 0.05) is 6.54 Å². The molecule has 1 heteroatoms. The van der Waals surface area contributed by atoms with Crippen molar-refractivity contribution in [2.24, 2.45) is 0 Å². The third-order valence-electron chi connectivity index (χ3n) is 5.74. The summed E-state index contributed by atoms with van der Waals surface area (Å²) in [5, 5.41) is 3.55. The van der Waals surface area contributed by atoms with Crippen LogP contribution in [0.1, 0.15) is 128 Å². The van der Waals surface area contributed by atoms with Crippen LogP contribution in [0.2, 0.25) is 0 Å². The maximum absolute atomic E-state index is 3.55. The molecule has 0 bridgehead atoms. The minimum absolute atomic E-state index is 1.05. The van der Waals surface area contributed by atoms with E-state index in [1.807, 2.05) is 0 Å². The van der Waals surface area contributed by atoms with E-state index in [9.17, 15) is 0 Å². The van der Waals surface area contributed by atoms with Crippen LogP contribution in [0.4, 0.5) is 0 Å². The van der Waals surface area contributed by atoms with Gasteiger partial charge in [-0.15, -0.1) is 0 Å². The first-order valence-electron chi connectivity index (χ1n) is 12.2. The van der Waals surface area contributed by atoms with Crippen molar-refractivity contribution in [1.82, 2.24) is 5.32 Å². The molecule has 1 N–H and O–H groups in total. The molecule has 26 heavy (non-hydrogen) atoms. The molecule has 1 aliphatic heterocycles. The summed E-state index contributed by atoms with van der Waals surface area (Å²) in [6.07, 6.45) is 35.7. The van der Waals surface area contributed by atoms with Crippen molar-refractivity contribution in [2.45, 2.75) is 128 Å². The minimum atomic E-state index is 1.05. The largest absolute Gasteiger partial charge is 0.313 e. The predicted octanol–water partition coefficient (Wildman–Crippen LogP) is 8.15. The first-order chi connectivity index (χ1) is 13.0. The van der Waals surface area contributed by atoms with Gasteiger partial charge < -0.3 is 5.32 Å². The fourth-order valence-electron chi connectivity index (χ4n) is 3.95. The highest BCUT2D eigenvalue weighted by Crippen LogP contribution is 2.15. The van der Waals surface area contributed by atoms with E-state index in [4.69, 9.17) is 0 Å². The Labute approximate surface area is 165 Å². The lowest BCUT2D eigenvalue weighted by Gasteiger charge is -2.05. The summed E-state index contributed by atoms with van der Waals surface area (Å²) in [6, 6.07) is 0. The Bertz CT molecular complexity index is 256. The summed E-state index contributed by atoms with van der Waals surface area (Å²) in [4.78, 5) is 0. The molecule has 0 atom stereocenters. The summed E-state index contributed by atoms with van der Waals surface area (Å²) in [5.74, 6) is 0. The average molecular weight is 363 g/mol. The molecule has 153 valence electrons. The van der Waals surface area contributed by atoms with E-state index in [1.54, 1.807) is 0 Å². The van der Waals surface area contributed by atoms with Crippen LogP contribution in [-0.2, 0) is 0 Å². The Hall–Kier alpha value is -0.300. The average Bonchev–Trinajstić information content (AvgIpc) is 2.65. The van der Waals surface area contributed by atoms with Crippen molar-refractivity contribution in [3.8, 4) is 0 Å². The van der Waals surface area contributed by atoms with Crippen molar-refractivity contribution in [1.29, 1.82) is 0 Å². The van der Waals surface area contributed by atoms with Crippen LogP contribution in [-0.4, -0.2) is 13.1 Å². The maximum Gasteiger partial charge on any atom is 0.0134 e. The van der Waals surface area contributed by atoms with E-state index in [0.717, 1.165) is 13.0 Å². The molecular formula is C25H48N. The smallest absolute Gasteiger partial charge is 0.0134 e. The lowest BCUT2D eigenvalue weighted by atomic mass is 10.0. The quantitative estimate of drug-likeness (QED) is 0.429. The van der Waals surface area contributed by atoms with Gasteiger partial charge in [0.05, 0.1) is 0 Å². The lowest BCUT2D eigenvalue weighted by Crippen LogP contribution is -2.14. The van der Waals surface area contributed by atoms with E-state index in [2.05, 4.69) is 23.9 Å². The number of hydrogen-bond donors (Lipinski definition) is 1. The van der Waals surface area contributed by atoms with Crippen LogP contribution in [0.15, 0.2) is 12.2 Å². The zero-order chi connectivity index (χ0) is 18.4. The van der Waals surface area contributed by atoms with Gasteiger partial charge in [-0.3, -0.25) is 0 Å². The van der Waals surface area contributed by atoms with Crippen molar-refractivity contribution < 1.29 is 0 Å². The van der Waals surface area contributed by atoms with Gasteiger partial charge in [0.15, 0.2) is 0 Å². The summed E-state index contributed by atoms with van der Waals surface area (Å²) in [6.45, 7) is 2.24. The second-order valence-corrected chi connectivity index (χ2v) is 8.35. The van der Waals surface area contributed by atoms with E-state index in [-0.39, 0.29) is 0 Å². The molecule has 0 saturated heterocycles. The van der Waals surface area contributed by atoms with Gasteiger partial charge in [-0.1, -0.05) is 121 Å². The summed E-state index contributed by atoms with van der Waals surface area (Å²) >= 11 is 0. The summed E-state index contributed by atoms with van der Waals surface area (Å²) < 4.78 is 0. The Morgan fingerprint density at radius 3 is 1.35 bits per heavy atom. The molecule has 0 saturated carbocycles. The van der Waals surface area contributed by atoms with Crippen molar-refractivity contribution in [2.75, 3.05) is 13.1 Å². The third-order valence-corrected chi connectivity index (χ3v) is 5.74. The number of rotatable bonds is 0. The molecule has 0 aromatic carbocycles. The Morgan fingerprint density at radius 2 is 0.846 bits per heavy atom. The number of hydrogen-bond acceptors (Lipinski definition) is 1. The topological polar surface area (TPSA) is 12.0 Å². The van der Waals surface area contributed by atoms with Gasteiger partial charge in [0.1, 0.15) is 0 Å². The summed E-state index contributed by atoms with van der Waals surface area (Å²) in [5.41, 5.74) is 0. The van der Waals surface area contributed by atoms with Crippen LogP contribution in [0, 0.1) is 6.42 Å². The molecule has 0 amide bonds. The van der Waals surface area contributed by atoms with Crippen LogP contribution in [0.25, 0.3) is 0 Å². The summed E-state index contributed by atoms with van der Waals surface area (Å²) in [7, 11) is 0. The standard InChI is InChI=1S/C25H48N/c1-2-4-6-8-10-12-14-16-18-20-22-24-26-25-23-21-19-17-15-13-11-9-7-5-3-1/h16,20,22,26H,1-15,17-19,21,23-25H2. The van der Waals surface area contributed by atoms with Crippen LogP contribution >= 0.6 is 0 Å². The van der Waals surface area contributed by atoms with Crippen molar-refractivity contribution >= 4 is 0 Å². The molecule has 1 heterocycles. The Balaban J connectivity index is 2.04. The predicted molar refractivity (Wildman–Crippen MR) is 119 cm³/mol. The van der Waals surface area contributed by atoms with Gasteiger partial charge >= 0.3 is 0 Å². The molecule has 0 unspecified atom stereocenters. The van der Waals surface area contributed by atoms with Crippen molar-refractivity contribution in [3.63, 3.8) is 0 Å². The highest BCUT2D eigenvalue weighted by atomic mass is 14.8. The minimum Gasteiger partial charge on any atom is -0.313 e. The molecule has 0 spiro atoms. The fourth-order valence-corrected chi connectivity index (χ4v) is 3.95. The Kier molecular flexibility index (Phi) is 19.2. The molecule has 1 rings (SSSR count). The van der Waals surface area contributed by atoms with Gasteiger partial charge in [-0.25, -0.2) is 0 Å². The van der Waals surface area contributed by atoms with Crippen LogP contribution < -0.4 is 5.32 Å². The van der Waals surface area contributed by atoms with Gasteiger partial charge in [0.2, 0.25) is 0 Å². The SMILES string of the molecule is [CH]1CC=CCNCCCCCCCCCCCCCCCCCCCC1. The highest BCUT2D eigenvalue weighted by molar-refractivity contribution is 4.88. The van der Waals surface area contributed by atoms with E-state index < -0.39 is 0 Å². The molecule has 1 aliphatic rings. The maximum atomic E-state index is 3.55. The fraction of sp³-hybridized carbons (Fsp3) is 0.880. The van der Waals surface area contributed by atoms with Crippen LogP contribution in [0.3, 0.4) is 0 Å². The zero-order valence-electron chi connectivity index (χ0n) is 17.8. The molecule has 0 aromatic rings. The molecule has 1 nitrogen and oxygen atoms in total. The molecule has 0 aromatic heterocycles. The monoisotopic (exact) mass is 362 g/mol.